The third kappa shape index (κ3) is 1.75. The van der Waals surface area contributed by atoms with Gasteiger partial charge in [-0.15, -0.1) is 0 Å². The van der Waals surface area contributed by atoms with E-state index in [0.29, 0.717) is 25.2 Å². The summed E-state index contributed by atoms with van der Waals surface area (Å²) in [6.45, 7) is 4.18. The summed E-state index contributed by atoms with van der Waals surface area (Å²) in [5.41, 5.74) is 0.364. The summed E-state index contributed by atoms with van der Waals surface area (Å²) in [7, 11) is 1.84. The van der Waals surface area contributed by atoms with E-state index in [4.69, 9.17) is 0 Å². The molecular weight excluding hydrogens is 290 g/mol. The summed E-state index contributed by atoms with van der Waals surface area (Å²) in [5.74, 6) is 1.25. The van der Waals surface area contributed by atoms with Crippen LogP contribution in [-0.2, 0) is 14.4 Å². The number of rotatable bonds is 0. The molecule has 0 aromatic heterocycles. The Morgan fingerprint density at radius 3 is 2.61 bits per heavy atom. The first-order valence-electron chi connectivity index (χ1n) is 8.82. The van der Waals surface area contributed by atoms with Gasteiger partial charge in [0.25, 0.3) is 0 Å². The SMILES string of the molecule is CN1C(=O)CC[C@@]2(C)C1=CC[C@@H]1C2C(=O)C[C@]2(C)C(=O)CC[C@@H]12. The lowest BCUT2D eigenvalue weighted by molar-refractivity contribution is -0.152. The predicted molar refractivity (Wildman–Crippen MR) is 85.3 cm³/mol. The van der Waals surface area contributed by atoms with E-state index in [2.05, 4.69) is 13.0 Å². The van der Waals surface area contributed by atoms with E-state index in [1.165, 1.54) is 0 Å². The Morgan fingerprint density at radius 2 is 1.87 bits per heavy atom. The van der Waals surface area contributed by atoms with Crippen LogP contribution in [-0.4, -0.2) is 29.4 Å². The number of nitrogens with zero attached hydrogens (tertiary/aromatic N) is 1. The quantitative estimate of drug-likeness (QED) is 0.690. The summed E-state index contributed by atoms with van der Waals surface area (Å²) in [6, 6.07) is 0. The first-order chi connectivity index (χ1) is 10.8. The van der Waals surface area contributed by atoms with Gasteiger partial charge in [0, 0.05) is 48.8 Å². The molecule has 1 unspecified atom stereocenters. The van der Waals surface area contributed by atoms with Crippen molar-refractivity contribution in [3.8, 4) is 0 Å². The number of piperidine rings is 1. The molecule has 5 atom stereocenters. The molecule has 0 aromatic carbocycles. The van der Waals surface area contributed by atoms with Crippen LogP contribution in [0.25, 0.3) is 0 Å². The Hall–Kier alpha value is -1.45. The average Bonchev–Trinajstić information content (AvgIpc) is 2.78. The van der Waals surface area contributed by atoms with Crippen LogP contribution in [0.3, 0.4) is 0 Å². The highest BCUT2D eigenvalue weighted by molar-refractivity contribution is 5.96. The van der Waals surface area contributed by atoms with Crippen molar-refractivity contribution in [3.05, 3.63) is 11.8 Å². The molecule has 0 spiro atoms. The summed E-state index contributed by atoms with van der Waals surface area (Å²) in [5, 5.41) is 0. The fraction of sp³-hybridized carbons (Fsp3) is 0.737. The van der Waals surface area contributed by atoms with Crippen LogP contribution in [0, 0.1) is 28.6 Å². The van der Waals surface area contributed by atoms with Gasteiger partial charge in [-0.25, -0.2) is 0 Å². The minimum Gasteiger partial charge on any atom is -0.319 e. The minimum absolute atomic E-state index is 0.0259. The molecule has 3 aliphatic carbocycles. The molecule has 1 aliphatic heterocycles. The van der Waals surface area contributed by atoms with E-state index in [1.807, 2.05) is 14.0 Å². The van der Waals surface area contributed by atoms with Crippen molar-refractivity contribution in [2.24, 2.45) is 28.6 Å². The Morgan fingerprint density at radius 1 is 1.13 bits per heavy atom. The predicted octanol–water partition coefficient (Wildman–Crippen LogP) is 2.72. The monoisotopic (exact) mass is 315 g/mol. The Balaban J connectivity index is 1.79. The number of carbonyl (C=O) groups excluding carboxylic acids is 3. The summed E-state index contributed by atoms with van der Waals surface area (Å²) >= 11 is 0. The topological polar surface area (TPSA) is 54.5 Å². The number of likely N-dealkylation sites (tertiary alicyclic amines) is 1. The average molecular weight is 315 g/mol. The maximum Gasteiger partial charge on any atom is 0.226 e. The zero-order valence-electron chi connectivity index (χ0n) is 14.2. The number of allylic oxidation sites excluding steroid dienone is 2. The molecule has 4 rings (SSSR count). The van der Waals surface area contributed by atoms with Crippen LogP contribution in [0.5, 0.6) is 0 Å². The minimum atomic E-state index is -0.434. The molecule has 0 radical (unpaired) electrons. The fourth-order valence-electron chi connectivity index (χ4n) is 6.20. The van der Waals surface area contributed by atoms with Crippen LogP contribution in [0.2, 0.25) is 0 Å². The van der Waals surface area contributed by atoms with Crippen LogP contribution in [0.15, 0.2) is 11.8 Å². The van der Waals surface area contributed by atoms with Gasteiger partial charge in [0.1, 0.15) is 11.6 Å². The van der Waals surface area contributed by atoms with Crippen molar-refractivity contribution >= 4 is 17.5 Å². The van der Waals surface area contributed by atoms with Gasteiger partial charge in [-0.2, -0.15) is 0 Å². The van der Waals surface area contributed by atoms with Crippen LogP contribution >= 0.6 is 0 Å². The summed E-state index contributed by atoms with van der Waals surface area (Å²) in [4.78, 5) is 39.3. The van der Waals surface area contributed by atoms with Crippen molar-refractivity contribution in [1.29, 1.82) is 0 Å². The third-order valence-electron chi connectivity index (χ3n) is 7.42. The van der Waals surface area contributed by atoms with Gasteiger partial charge in [0.2, 0.25) is 5.91 Å². The molecule has 4 aliphatic rings. The van der Waals surface area contributed by atoms with Crippen molar-refractivity contribution in [1.82, 2.24) is 4.90 Å². The molecule has 3 fully saturated rings. The van der Waals surface area contributed by atoms with Gasteiger partial charge in [0.15, 0.2) is 0 Å². The van der Waals surface area contributed by atoms with E-state index in [1.54, 1.807) is 4.90 Å². The molecule has 2 saturated carbocycles. The maximum atomic E-state index is 13.1. The van der Waals surface area contributed by atoms with E-state index < -0.39 is 5.41 Å². The molecule has 1 saturated heterocycles. The Bertz CT molecular complexity index is 651. The number of Topliss-reactive ketones (excluding diaryl/α,β-unsaturated/α-hetero) is 2. The molecule has 0 aromatic rings. The standard InChI is InChI=1S/C19H25NO3/c1-18-9-8-16(23)20(3)14(18)6-4-11-12-5-7-15(22)19(12,2)10-13(21)17(11)18/h6,11-12,17H,4-5,7-10H2,1-3H3/t11-,12-,17?,18-,19-/m0/s1. The third-order valence-corrected chi connectivity index (χ3v) is 7.42. The van der Waals surface area contributed by atoms with E-state index in [9.17, 15) is 14.4 Å². The first-order valence-corrected chi connectivity index (χ1v) is 8.82. The highest BCUT2D eigenvalue weighted by Gasteiger charge is 2.62. The Kier molecular flexibility index (Phi) is 2.99. The molecule has 4 nitrogen and oxygen atoms in total. The van der Waals surface area contributed by atoms with Crippen LogP contribution in [0.1, 0.15) is 52.4 Å². The maximum absolute atomic E-state index is 13.1. The first kappa shape index (κ1) is 15.1. The lowest BCUT2D eigenvalue weighted by Gasteiger charge is -2.56. The van der Waals surface area contributed by atoms with Crippen molar-refractivity contribution in [2.75, 3.05) is 7.05 Å². The van der Waals surface area contributed by atoms with Crippen molar-refractivity contribution in [2.45, 2.75) is 52.4 Å². The number of carbonyl (C=O) groups is 3. The normalized spacial score (nSPS) is 46.2. The second-order valence-electron chi connectivity index (χ2n) is 8.47. The smallest absolute Gasteiger partial charge is 0.226 e. The zero-order chi connectivity index (χ0) is 16.6. The van der Waals surface area contributed by atoms with E-state index in [0.717, 1.165) is 25.0 Å². The zero-order valence-corrected chi connectivity index (χ0v) is 14.2. The number of fused-ring (bicyclic) bond motifs is 5. The molecule has 1 heterocycles. The van der Waals surface area contributed by atoms with E-state index in [-0.39, 0.29) is 34.7 Å². The van der Waals surface area contributed by atoms with Crippen LogP contribution < -0.4 is 0 Å². The number of hydrogen-bond acceptors (Lipinski definition) is 3. The lowest BCUT2D eigenvalue weighted by atomic mass is 9.49. The molecule has 0 bridgehead atoms. The van der Waals surface area contributed by atoms with Gasteiger partial charge in [-0.1, -0.05) is 19.9 Å². The highest BCUT2D eigenvalue weighted by atomic mass is 16.2. The second-order valence-corrected chi connectivity index (χ2v) is 8.47. The molecular formula is C19H25NO3. The molecule has 124 valence electrons. The number of amides is 1. The Labute approximate surface area is 137 Å². The van der Waals surface area contributed by atoms with Gasteiger partial charge in [-0.05, 0) is 31.1 Å². The van der Waals surface area contributed by atoms with Crippen molar-refractivity contribution in [3.63, 3.8) is 0 Å². The molecule has 0 N–H and O–H groups in total. The molecule has 4 heteroatoms. The molecule has 23 heavy (non-hydrogen) atoms. The van der Waals surface area contributed by atoms with Crippen LogP contribution in [0.4, 0.5) is 0 Å². The second kappa shape index (κ2) is 4.55. The number of ketones is 2. The summed E-state index contributed by atoms with van der Waals surface area (Å²) < 4.78 is 0. The number of hydrogen-bond donors (Lipinski definition) is 0. The van der Waals surface area contributed by atoms with Crippen molar-refractivity contribution < 1.29 is 14.4 Å². The highest BCUT2D eigenvalue weighted by Crippen LogP contribution is 2.62. The lowest BCUT2D eigenvalue weighted by Crippen LogP contribution is -2.57. The molecule has 1 amide bonds. The van der Waals surface area contributed by atoms with Gasteiger partial charge in [-0.3, -0.25) is 14.4 Å². The van der Waals surface area contributed by atoms with E-state index >= 15 is 0 Å². The fourth-order valence-corrected chi connectivity index (χ4v) is 6.20. The largest absolute Gasteiger partial charge is 0.319 e. The van der Waals surface area contributed by atoms with Gasteiger partial charge >= 0.3 is 0 Å². The summed E-state index contributed by atoms with van der Waals surface area (Å²) in [6.07, 6.45) is 6.24. The van der Waals surface area contributed by atoms with Gasteiger partial charge < -0.3 is 4.90 Å². The van der Waals surface area contributed by atoms with Gasteiger partial charge in [0.05, 0.1) is 0 Å².